The van der Waals surface area contributed by atoms with E-state index in [0.29, 0.717) is 46.2 Å². The molecule has 2 heterocycles. The Morgan fingerprint density at radius 2 is 1.67 bits per heavy atom. The molecule has 2 aliphatic rings. The van der Waals surface area contributed by atoms with Crippen molar-refractivity contribution < 1.29 is 43.4 Å². The fourth-order valence-electron chi connectivity index (χ4n) is 3.02. The van der Waals surface area contributed by atoms with E-state index in [1.54, 1.807) is 0 Å². The van der Waals surface area contributed by atoms with Crippen molar-refractivity contribution in [1.29, 1.82) is 0 Å². The summed E-state index contributed by atoms with van der Waals surface area (Å²) in [5.74, 6) is -0.340. The van der Waals surface area contributed by atoms with Gasteiger partial charge in [-0.05, 0) is 6.92 Å². The van der Waals surface area contributed by atoms with E-state index in [1.165, 1.54) is 6.92 Å². The molecular formula is C17H31NO9. The molecule has 0 aromatic carbocycles. The summed E-state index contributed by atoms with van der Waals surface area (Å²) >= 11 is 0. The third-order valence-corrected chi connectivity index (χ3v) is 4.40. The molecule has 0 aromatic heterocycles. The Bertz CT molecular complexity index is 452. The minimum Gasteiger partial charge on any atom is -0.388 e. The molecule has 27 heavy (non-hydrogen) atoms. The molecule has 0 spiro atoms. The van der Waals surface area contributed by atoms with Gasteiger partial charge in [0.2, 0.25) is 5.91 Å². The van der Waals surface area contributed by atoms with Gasteiger partial charge in [-0.3, -0.25) is 4.79 Å². The van der Waals surface area contributed by atoms with Gasteiger partial charge >= 0.3 is 0 Å². The Morgan fingerprint density at radius 3 is 2.26 bits per heavy atom. The first kappa shape index (κ1) is 22.4. The maximum atomic E-state index is 11.2. The lowest BCUT2D eigenvalue weighted by Gasteiger charge is -2.42. The second kappa shape index (κ2) is 11.2. The molecule has 0 radical (unpaired) electrons. The van der Waals surface area contributed by atoms with Crippen LogP contribution in [0.5, 0.6) is 0 Å². The van der Waals surface area contributed by atoms with E-state index in [0.717, 1.165) is 0 Å². The lowest BCUT2D eigenvalue weighted by molar-refractivity contribution is -0.238. The fourth-order valence-corrected chi connectivity index (χ4v) is 3.02. The van der Waals surface area contributed by atoms with Crippen molar-refractivity contribution in [3.05, 3.63) is 0 Å². The van der Waals surface area contributed by atoms with Crippen LogP contribution in [-0.4, -0.2) is 106 Å². The molecule has 0 aromatic rings. The summed E-state index contributed by atoms with van der Waals surface area (Å²) in [4.78, 5) is 11.2. The van der Waals surface area contributed by atoms with Crippen molar-refractivity contribution in [2.45, 2.75) is 44.0 Å². The first-order valence-corrected chi connectivity index (χ1v) is 9.24. The Hall–Kier alpha value is -0.850. The van der Waals surface area contributed by atoms with Gasteiger partial charge in [-0.2, -0.15) is 0 Å². The van der Waals surface area contributed by atoms with Crippen molar-refractivity contribution >= 4 is 5.91 Å². The minimum absolute atomic E-state index is 0.0444. The quantitative estimate of drug-likeness (QED) is 0.318. The van der Waals surface area contributed by atoms with Crippen LogP contribution in [0.4, 0.5) is 0 Å². The molecular weight excluding hydrogens is 362 g/mol. The summed E-state index contributed by atoms with van der Waals surface area (Å²) < 4.78 is 32.6. The molecule has 2 aliphatic heterocycles. The van der Waals surface area contributed by atoms with Gasteiger partial charge in [0.15, 0.2) is 6.29 Å². The van der Waals surface area contributed by atoms with Crippen LogP contribution in [0.1, 0.15) is 13.8 Å². The molecule has 5 atom stereocenters. The summed E-state index contributed by atoms with van der Waals surface area (Å²) in [5, 5.41) is 23.2. The van der Waals surface area contributed by atoms with Gasteiger partial charge in [-0.25, -0.2) is 0 Å². The first-order chi connectivity index (χ1) is 13.0. The van der Waals surface area contributed by atoms with E-state index in [-0.39, 0.29) is 19.1 Å². The fraction of sp³-hybridized carbons (Fsp3) is 0.941. The first-order valence-electron chi connectivity index (χ1n) is 9.24. The van der Waals surface area contributed by atoms with E-state index in [1.807, 2.05) is 6.92 Å². The zero-order valence-corrected chi connectivity index (χ0v) is 15.9. The van der Waals surface area contributed by atoms with Crippen LogP contribution in [0, 0.1) is 0 Å². The number of amides is 1. The average Bonchev–Trinajstić information content (AvgIpc) is 3.04. The normalized spacial score (nSPS) is 32.6. The third kappa shape index (κ3) is 6.33. The van der Waals surface area contributed by atoms with Gasteiger partial charge in [0, 0.05) is 13.5 Å². The predicted molar refractivity (Wildman–Crippen MR) is 92.1 cm³/mol. The zero-order chi connectivity index (χ0) is 19.7. The van der Waals surface area contributed by atoms with Crippen molar-refractivity contribution in [3.8, 4) is 0 Å². The number of fused-ring (bicyclic) bond motifs is 2. The van der Waals surface area contributed by atoms with Crippen molar-refractivity contribution in [2.24, 2.45) is 0 Å². The number of ether oxygens (including phenoxy) is 6. The molecule has 2 bridgehead atoms. The minimum atomic E-state index is -1.24. The van der Waals surface area contributed by atoms with E-state index >= 15 is 0 Å². The smallest absolute Gasteiger partial charge is 0.217 e. The summed E-state index contributed by atoms with van der Waals surface area (Å²) in [6.07, 6.45) is -3.27. The highest BCUT2D eigenvalue weighted by Crippen LogP contribution is 2.37. The number of hydrogen-bond acceptors (Lipinski definition) is 9. The third-order valence-electron chi connectivity index (χ3n) is 4.40. The Balaban J connectivity index is 1.60. The molecule has 0 aliphatic carbocycles. The SMILES string of the molecule is CCOCCOCCOCCOC[C@@]12CO[C@@H](O1)[C@H](NC(C)=O)[C@@H](O)[C@H]2O. The Kier molecular flexibility index (Phi) is 9.33. The van der Waals surface area contributed by atoms with Gasteiger partial charge < -0.3 is 44.0 Å². The Labute approximate surface area is 159 Å². The average molecular weight is 393 g/mol. The number of carbonyl (C=O) groups excluding carboxylic acids is 1. The van der Waals surface area contributed by atoms with E-state index in [4.69, 9.17) is 28.4 Å². The second-order valence-electron chi connectivity index (χ2n) is 6.50. The van der Waals surface area contributed by atoms with Gasteiger partial charge in [0.05, 0.1) is 52.9 Å². The molecule has 2 saturated heterocycles. The van der Waals surface area contributed by atoms with Gasteiger partial charge in [-0.15, -0.1) is 0 Å². The van der Waals surface area contributed by atoms with Crippen molar-refractivity contribution in [3.63, 3.8) is 0 Å². The van der Waals surface area contributed by atoms with Crippen LogP contribution >= 0.6 is 0 Å². The van der Waals surface area contributed by atoms with Gasteiger partial charge in [0.1, 0.15) is 23.9 Å². The summed E-state index contributed by atoms with van der Waals surface area (Å²) in [6, 6.07) is -0.820. The molecule has 2 fully saturated rings. The van der Waals surface area contributed by atoms with Crippen LogP contribution in [0.25, 0.3) is 0 Å². The van der Waals surface area contributed by atoms with Crippen LogP contribution < -0.4 is 5.32 Å². The molecule has 10 nitrogen and oxygen atoms in total. The largest absolute Gasteiger partial charge is 0.388 e. The molecule has 1 amide bonds. The highest BCUT2D eigenvalue weighted by atomic mass is 16.8. The zero-order valence-electron chi connectivity index (χ0n) is 15.9. The number of aliphatic hydroxyl groups excluding tert-OH is 2. The molecule has 2 rings (SSSR count). The van der Waals surface area contributed by atoms with Crippen molar-refractivity contribution in [1.82, 2.24) is 5.32 Å². The van der Waals surface area contributed by atoms with Crippen LogP contribution in [-0.2, 0) is 33.2 Å². The molecule has 158 valence electrons. The molecule has 0 saturated carbocycles. The summed E-state index contributed by atoms with van der Waals surface area (Å²) in [7, 11) is 0. The Morgan fingerprint density at radius 1 is 1.07 bits per heavy atom. The number of nitrogens with one attached hydrogen (secondary N) is 1. The van der Waals surface area contributed by atoms with E-state index < -0.39 is 30.1 Å². The highest BCUT2D eigenvalue weighted by molar-refractivity contribution is 5.73. The number of aliphatic hydroxyl groups is 2. The highest BCUT2D eigenvalue weighted by Gasteiger charge is 2.59. The maximum Gasteiger partial charge on any atom is 0.217 e. The van der Waals surface area contributed by atoms with Gasteiger partial charge in [-0.1, -0.05) is 0 Å². The maximum absolute atomic E-state index is 11.2. The molecule has 3 N–H and O–H groups in total. The standard InChI is InChI=1S/C17H31NO9/c1-3-22-4-5-23-6-7-24-8-9-25-10-17-11-26-16(27-17)13(18-12(2)19)14(20)15(17)21/h13-16,20-21H,3-11H2,1-2H3,(H,18,19)/t13-,14-,15-,16+,17+/m1/s1. The molecule has 0 unspecified atom stereocenters. The van der Waals surface area contributed by atoms with Crippen LogP contribution in [0.2, 0.25) is 0 Å². The monoisotopic (exact) mass is 393 g/mol. The predicted octanol–water partition coefficient (Wildman–Crippen LogP) is -1.58. The van der Waals surface area contributed by atoms with Crippen LogP contribution in [0.3, 0.4) is 0 Å². The number of rotatable bonds is 13. The molecule has 10 heteroatoms. The summed E-state index contributed by atoms with van der Waals surface area (Å²) in [6.45, 7) is 6.73. The topological polar surface area (TPSA) is 125 Å². The lowest BCUT2D eigenvalue weighted by atomic mass is 9.88. The van der Waals surface area contributed by atoms with Crippen LogP contribution in [0.15, 0.2) is 0 Å². The van der Waals surface area contributed by atoms with Gasteiger partial charge in [0.25, 0.3) is 0 Å². The van der Waals surface area contributed by atoms with E-state index in [2.05, 4.69) is 5.32 Å². The summed E-state index contributed by atoms with van der Waals surface area (Å²) in [5.41, 5.74) is -1.15. The van der Waals surface area contributed by atoms with E-state index in [9.17, 15) is 15.0 Å². The van der Waals surface area contributed by atoms with Crippen molar-refractivity contribution in [2.75, 3.05) is 59.5 Å². The number of carbonyl (C=O) groups is 1. The number of hydrogen-bond donors (Lipinski definition) is 3. The lowest BCUT2D eigenvalue weighted by Crippen LogP contribution is -2.66. The second-order valence-corrected chi connectivity index (χ2v) is 6.50.